The molecule has 17 heavy (non-hydrogen) atoms. The summed E-state index contributed by atoms with van der Waals surface area (Å²) in [7, 11) is 1.58. The average Bonchev–Trinajstić information content (AvgIpc) is 2.27. The fraction of sp³-hybridized carbons (Fsp3) is 0.538. The van der Waals surface area contributed by atoms with Crippen LogP contribution in [0.2, 0.25) is 0 Å². The zero-order chi connectivity index (χ0) is 13.0. The van der Waals surface area contributed by atoms with Gasteiger partial charge in [-0.2, -0.15) is 0 Å². The molecule has 0 spiro atoms. The van der Waals surface area contributed by atoms with Gasteiger partial charge in [0, 0.05) is 11.6 Å². The number of hydrogen-bond acceptors (Lipinski definition) is 4. The van der Waals surface area contributed by atoms with Crippen molar-refractivity contribution in [1.82, 2.24) is 0 Å². The summed E-state index contributed by atoms with van der Waals surface area (Å²) in [5.41, 5.74) is 8.41. The number of nitrogens with two attached hydrogens (primary N) is 1. The van der Waals surface area contributed by atoms with Gasteiger partial charge in [-0.15, -0.1) is 0 Å². The highest BCUT2D eigenvalue weighted by Gasteiger charge is 2.18. The van der Waals surface area contributed by atoms with Gasteiger partial charge in [-0.05, 0) is 31.9 Å². The van der Waals surface area contributed by atoms with Crippen molar-refractivity contribution >= 4 is 0 Å². The number of aliphatic hydroxyl groups excluding tert-OH is 2. The predicted molar refractivity (Wildman–Crippen MR) is 67.1 cm³/mol. The molecule has 0 saturated heterocycles. The summed E-state index contributed by atoms with van der Waals surface area (Å²) in [5, 5.41) is 19.0. The second-order valence-electron chi connectivity index (χ2n) is 4.40. The van der Waals surface area contributed by atoms with E-state index >= 15 is 0 Å². The van der Waals surface area contributed by atoms with Crippen molar-refractivity contribution in [2.75, 3.05) is 13.7 Å². The van der Waals surface area contributed by atoms with E-state index in [9.17, 15) is 5.11 Å². The van der Waals surface area contributed by atoms with Crippen molar-refractivity contribution < 1.29 is 14.9 Å². The Morgan fingerprint density at radius 1 is 1.35 bits per heavy atom. The summed E-state index contributed by atoms with van der Waals surface area (Å²) in [6.45, 7) is 3.77. The first-order valence-electron chi connectivity index (χ1n) is 5.69. The van der Waals surface area contributed by atoms with Crippen LogP contribution >= 0.6 is 0 Å². The van der Waals surface area contributed by atoms with Crippen molar-refractivity contribution in [3.05, 3.63) is 28.8 Å². The Kier molecular flexibility index (Phi) is 4.93. The minimum absolute atomic E-state index is 0.135. The summed E-state index contributed by atoms with van der Waals surface area (Å²) >= 11 is 0. The van der Waals surface area contributed by atoms with Crippen LogP contribution in [0.1, 0.15) is 29.2 Å². The summed E-state index contributed by atoms with van der Waals surface area (Å²) in [4.78, 5) is 0. The molecule has 0 aliphatic heterocycles. The molecule has 0 aromatic heterocycles. The lowest BCUT2D eigenvalue weighted by atomic mass is 9.97. The van der Waals surface area contributed by atoms with Gasteiger partial charge in [0.15, 0.2) is 0 Å². The van der Waals surface area contributed by atoms with Crippen molar-refractivity contribution in [3.63, 3.8) is 0 Å². The Labute approximate surface area is 102 Å². The highest BCUT2D eigenvalue weighted by atomic mass is 16.5. The molecule has 1 aromatic carbocycles. The fourth-order valence-electron chi connectivity index (χ4n) is 2.00. The van der Waals surface area contributed by atoms with E-state index in [2.05, 4.69) is 0 Å². The van der Waals surface area contributed by atoms with Gasteiger partial charge in [-0.25, -0.2) is 0 Å². The smallest absolute Gasteiger partial charge is 0.127 e. The van der Waals surface area contributed by atoms with E-state index in [0.717, 1.165) is 16.7 Å². The number of aliphatic hydroxyl groups is 2. The van der Waals surface area contributed by atoms with E-state index in [0.29, 0.717) is 12.2 Å². The maximum Gasteiger partial charge on any atom is 0.127 e. The lowest BCUT2D eigenvalue weighted by Crippen LogP contribution is -2.26. The standard InChI is InChI=1S/C13H21NO3/c1-8-4-9(2)13(17-3)11(5-8)12(16)6-10(14)7-15/h4-5,10,12,15-16H,6-7,14H2,1-3H3/t10-,12-/m0/s1. The number of hydrogen-bond donors (Lipinski definition) is 3. The molecule has 0 fully saturated rings. The SMILES string of the molecule is COc1c(C)cc(C)cc1[C@@H](O)C[C@H](N)CO. The van der Waals surface area contributed by atoms with E-state index in [1.807, 2.05) is 26.0 Å². The molecule has 96 valence electrons. The van der Waals surface area contributed by atoms with Crippen molar-refractivity contribution in [1.29, 1.82) is 0 Å². The lowest BCUT2D eigenvalue weighted by Gasteiger charge is -2.19. The molecule has 4 N–H and O–H groups in total. The Balaban J connectivity index is 3.02. The zero-order valence-corrected chi connectivity index (χ0v) is 10.6. The van der Waals surface area contributed by atoms with Crippen LogP contribution in [0.4, 0.5) is 0 Å². The van der Waals surface area contributed by atoms with Crippen LogP contribution in [0.5, 0.6) is 5.75 Å². The molecular weight excluding hydrogens is 218 g/mol. The van der Waals surface area contributed by atoms with Crippen molar-refractivity contribution in [2.45, 2.75) is 32.4 Å². The van der Waals surface area contributed by atoms with Crippen LogP contribution in [0.25, 0.3) is 0 Å². The molecule has 0 heterocycles. The maximum atomic E-state index is 10.1. The Morgan fingerprint density at radius 2 is 2.00 bits per heavy atom. The van der Waals surface area contributed by atoms with E-state index in [1.165, 1.54) is 0 Å². The average molecular weight is 239 g/mol. The Hall–Kier alpha value is -1.10. The molecule has 4 heteroatoms. The Bertz CT molecular complexity index is 379. The van der Waals surface area contributed by atoms with Gasteiger partial charge in [0.2, 0.25) is 0 Å². The summed E-state index contributed by atoms with van der Waals surface area (Å²) in [6, 6.07) is 3.47. The molecule has 0 aliphatic carbocycles. The van der Waals surface area contributed by atoms with Crippen LogP contribution < -0.4 is 10.5 Å². The largest absolute Gasteiger partial charge is 0.496 e. The maximum absolute atomic E-state index is 10.1. The van der Waals surface area contributed by atoms with Crippen LogP contribution in [-0.4, -0.2) is 30.0 Å². The molecular formula is C13H21NO3. The quantitative estimate of drug-likeness (QED) is 0.718. The minimum atomic E-state index is -0.717. The molecule has 0 aliphatic rings. The monoisotopic (exact) mass is 239 g/mol. The third kappa shape index (κ3) is 3.43. The highest BCUT2D eigenvalue weighted by molar-refractivity contribution is 5.45. The normalized spacial score (nSPS) is 14.5. The van der Waals surface area contributed by atoms with Gasteiger partial charge in [-0.3, -0.25) is 0 Å². The summed E-state index contributed by atoms with van der Waals surface area (Å²) in [6.07, 6.45) is -0.402. The van der Waals surface area contributed by atoms with Gasteiger partial charge in [0.1, 0.15) is 5.75 Å². The van der Waals surface area contributed by atoms with E-state index in [1.54, 1.807) is 7.11 Å². The van der Waals surface area contributed by atoms with Crippen molar-refractivity contribution in [2.24, 2.45) is 5.73 Å². The van der Waals surface area contributed by atoms with Gasteiger partial charge >= 0.3 is 0 Å². The molecule has 1 aromatic rings. The Morgan fingerprint density at radius 3 is 2.53 bits per heavy atom. The fourth-order valence-corrected chi connectivity index (χ4v) is 2.00. The number of ether oxygens (including phenoxy) is 1. The minimum Gasteiger partial charge on any atom is -0.496 e. The molecule has 1 rings (SSSR count). The molecule has 0 amide bonds. The second kappa shape index (κ2) is 6.00. The number of methoxy groups -OCH3 is 1. The number of benzene rings is 1. The lowest BCUT2D eigenvalue weighted by molar-refractivity contribution is 0.137. The van der Waals surface area contributed by atoms with E-state index < -0.39 is 12.1 Å². The van der Waals surface area contributed by atoms with Crippen LogP contribution in [-0.2, 0) is 0 Å². The predicted octanol–water partition coefficient (Wildman–Crippen LogP) is 1.06. The topological polar surface area (TPSA) is 75.7 Å². The van der Waals surface area contributed by atoms with Crippen molar-refractivity contribution in [3.8, 4) is 5.75 Å². The van der Waals surface area contributed by atoms with E-state index in [-0.39, 0.29) is 6.61 Å². The molecule has 4 nitrogen and oxygen atoms in total. The molecule has 0 bridgehead atoms. The number of rotatable bonds is 5. The molecule has 0 radical (unpaired) electrons. The first kappa shape index (κ1) is 14.0. The highest BCUT2D eigenvalue weighted by Crippen LogP contribution is 2.32. The van der Waals surface area contributed by atoms with Gasteiger partial charge < -0.3 is 20.7 Å². The van der Waals surface area contributed by atoms with Gasteiger partial charge in [-0.1, -0.05) is 11.6 Å². The second-order valence-corrected chi connectivity index (χ2v) is 4.40. The summed E-state index contributed by atoms with van der Waals surface area (Å²) < 4.78 is 5.30. The molecule has 2 atom stereocenters. The van der Waals surface area contributed by atoms with Crippen LogP contribution in [0, 0.1) is 13.8 Å². The van der Waals surface area contributed by atoms with Gasteiger partial charge in [0.05, 0.1) is 19.8 Å². The zero-order valence-electron chi connectivity index (χ0n) is 10.6. The molecule has 0 unspecified atom stereocenters. The van der Waals surface area contributed by atoms with Crippen LogP contribution in [0.3, 0.4) is 0 Å². The molecule has 0 saturated carbocycles. The first-order valence-corrected chi connectivity index (χ1v) is 5.69. The van der Waals surface area contributed by atoms with E-state index in [4.69, 9.17) is 15.6 Å². The van der Waals surface area contributed by atoms with Crippen LogP contribution in [0.15, 0.2) is 12.1 Å². The van der Waals surface area contributed by atoms with Gasteiger partial charge in [0.25, 0.3) is 0 Å². The first-order chi connectivity index (χ1) is 7.99. The third-order valence-electron chi connectivity index (χ3n) is 2.77. The summed E-state index contributed by atoms with van der Waals surface area (Å²) in [5.74, 6) is 0.688. The number of aryl methyl sites for hydroxylation is 2. The third-order valence-corrected chi connectivity index (χ3v) is 2.77.